The molecule has 8 nitrogen and oxygen atoms in total. The first-order valence-electron chi connectivity index (χ1n) is 9.83. The number of methoxy groups -OCH3 is 1. The third-order valence-electron chi connectivity index (χ3n) is 4.62. The number of hydrogen-bond acceptors (Lipinski definition) is 5. The SMILES string of the molecule is COc1ccccc1-c1cc(NC(=O)CCC(=O)N(CCC#N)c2ccccc2)n[nH]1. The van der Waals surface area contributed by atoms with Gasteiger partial charge in [-0.15, -0.1) is 0 Å². The number of nitrogens with one attached hydrogen (secondary N) is 2. The lowest BCUT2D eigenvalue weighted by Gasteiger charge is -2.21. The minimum absolute atomic E-state index is 0.00553. The molecule has 31 heavy (non-hydrogen) atoms. The summed E-state index contributed by atoms with van der Waals surface area (Å²) in [7, 11) is 1.59. The predicted octanol–water partition coefficient (Wildman–Crippen LogP) is 3.75. The quantitative estimate of drug-likeness (QED) is 0.551. The second kappa shape index (κ2) is 10.6. The van der Waals surface area contributed by atoms with Crippen molar-refractivity contribution in [3.63, 3.8) is 0 Å². The van der Waals surface area contributed by atoms with Crippen molar-refractivity contribution in [1.82, 2.24) is 10.2 Å². The first kappa shape index (κ1) is 21.6. The fourth-order valence-electron chi connectivity index (χ4n) is 3.12. The smallest absolute Gasteiger partial charge is 0.227 e. The average Bonchev–Trinajstić information content (AvgIpc) is 3.26. The van der Waals surface area contributed by atoms with E-state index in [1.54, 1.807) is 25.3 Å². The van der Waals surface area contributed by atoms with Gasteiger partial charge in [0.1, 0.15) is 5.75 Å². The molecule has 0 spiro atoms. The van der Waals surface area contributed by atoms with Gasteiger partial charge in [0.15, 0.2) is 5.82 Å². The Balaban J connectivity index is 1.59. The number of aromatic nitrogens is 2. The monoisotopic (exact) mass is 417 g/mol. The average molecular weight is 417 g/mol. The fraction of sp³-hybridized carbons (Fsp3) is 0.217. The zero-order valence-electron chi connectivity index (χ0n) is 17.2. The molecule has 0 aliphatic rings. The Bertz CT molecular complexity index is 1070. The Morgan fingerprint density at radius 3 is 2.61 bits per heavy atom. The predicted molar refractivity (Wildman–Crippen MR) is 117 cm³/mol. The third kappa shape index (κ3) is 5.70. The fourth-order valence-corrected chi connectivity index (χ4v) is 3.12. The van der Waals surface area contributed by atoms with Crippen molar-refractivity contribution >= 4 is 23.3 Å². The summed E-state index contributed by atoms with van der Waals surface area (Å²) in [4.78, 5) is 26.5. The van der Waals surface area contributed by atoms with Gasteiger partial charge in [-0.1, -0.05) is 30.3 Å². The molecule has 0 unspecified atom stereocenters. The summed E-state index contributed by atoms with van der Waals surface area (Å²) in [5, 5.41) is 18.6. The van der Waals surface area contributed by atoms with Gasteiger partial charge in [-0.25, -0.2) is 0 Å². The largest absolute Gasteiger partial charge is 0.496 e. The Morgan fingerprint density at radius 2 is 1.87 bits per heavy atom. The first-order valence-corrected chi connectivity index (χ1v) is 9.83. The molecule has 1 heterocycles. The van der Waals surface area contributed by atoms with Crippen LogP contribution in [0.3, 0.4) is 0 Å². The van der Waals surface area contributed by atoms with E-state index in [-0.39, 0.29) is 37.6 Å². The van der Waals surface area contributed by atoms with Crippen LogP contribution in [0.4, 0.5) is 11.5 Å². The van der Waals surface area contributed by atoms with Crippen LogP contribution in [0.25, 0.3) is 11.3 Å². The molecule has 0 aliphatic heterocycles. The summed E-state index contributed by atoms with van der Waals surface area (Å²) >= 11 is 0. The molecule has 0 fully saturated rings. The standard InChI is InChI=1S/C23H23N5O3/c1-31-20-11-6-5-10-18(20)19-16-21(27-26-19)25-22(29)12-13-23(30)28(15-7-14-24)17-8-3-2-4-9-17/h2-6,8-11,16H,7,12-13,15H2,1H3,(H2,25,26,27,29). The van der Waals surface area contributed by atoms with Gasteiger partial charge >= 0.3 is 0 Å². The molecular formula is C23H23N5O3. The summed E-state index contributed by atoms with van der Waals surface area (Å²) in [6, 6.07) is 20.3. The van der Waals surface area contributed by atoms with E-state index in [2.05, 4.69) is 21.6 Å². The maximum atomic E-state index is 12.7. The lowest BCUT2D eigenvalue weighted by atomic mass is 10.1. The Morgan fingerprint density at radius 1 is 1.13 bits per heavy atom. The Kier molecular flexibility index (Phi) is 7.38. The van der Waals surface area contributed by atoms with Crippen LogP contribution >= 0.6 is 0 Å². The summed E-state index contributed by atoms with van der Waals surface area (Å²) in [5.74, 6) is 0.517. The molecule has 0 saturated heterocycles. The summed E-state index contributed by atoms with van der Waals surface area (Å²) in [6.07, 6.45) is 0.243. The van der Waals surface area contributed by atoms with Crippen LogP contribution in [0.5, 0.6) is 5.75 Å². The molecule has 3 rings (SSSR count). The molecule has 3 aromatic rings. The number of anilines is 2. The zero-order chi connectivity index (χ0) is 22.1. The Labute approximate surface area is 180 Å². The molecule has 2 aromatic carbocycles. The highest BCUT2D eigenvalue weighted by atomic mass is 16.5. The van der Waals surface area contributed by atoms with Crippen LogP contribution in [-0.2, 0) is 9.59 Å². The second-order valence-corrected chi connectivity index (χ2v) is 6.70. The normalized spacial score (nSPS) is 10.2. The molecule has 2 N–H and O–H groups in total. The topological polar surface area (TPSA) is 111 Å². The number of ether oxygens (including phenoxy) is 1. The van der Waals surface area contributed by atoms with Gasteiger partial charge in [-0.3, -0.25) is 14.7 Å². The zero-order valence-corrected chi connectivity index (χ0v) is 17.2. The molecule has 0 aliphatic carbocycles. The summed E-state index contributed by atoms with van der Waals surface area (Å²) in [6.45, 7) is 0.280. The highest BCUT2D eigenvalue weighted by Gasteiger charge is 2.17. The lowest BCUT2D eigenvalue weighted by Crippen LogP contribution is -2.32. The van der Waals surface area contributed by atoms with Gasteiger partial charge in [0, 0.05) is 36.7 Å². The van der Waals surface area contributed by atoms with Crippen molar-refractivity contribution in [2.45, 2.75) is 19.3 Å². The number of para-hydroxylation sites is 2. The summed E-state index contributed by atoms with van der Waals surface area (Å²) in [5.41, 5.74) is 2.23. The number of nitrogens with zero attached hydrogens (tertiary/aromatic N) is 3. The van der Waals surface area contributed by atoms with Crippen LogP contribution in [0.15, 0.2) is 60.7 Å². The number of rotatable bonds is 9. The van der Waals surface area contributed by atoms with Gasteiger partial charge in [0.25, 0.3) is 0 Å². The number of hydrogen-bond donors (Lipinski definition) is 2. The molecule has 0 atom stereocenters. The molecule has 0 bridgehead atoms. The van der Waals surface area contributed by atoms with Crippen LogP contribution in [0.1, 0.15) is 19.3 Å². The minimum atomic E-state index is -0.320. The number of H-pyrrole nitrogens is 1. The van der Waals surface area contributed by atoms with Gasteiger partial charge in [-0.2, -0.15) is 10.4 Å². The van der Waals surface area contributed by atoms with E-state index in [0.717, 1.165) is 5.56 Å². The van der Waals surface area contributed by atoms with E-state index in [1.165, 1.54) is 4.90 Å². The van der Waals surface area contributed by atoms with Crippen molar-refractivity contribution in [3.8, 4) is 23.1 Å². The maximum Gasteiger partial charge on any atom is 0.227 e. The maximum absolute atomic E-state index is 12.7. The van der Waals surface area contributed by atoms with Gasteiger partial charge < -0.3 is 15.0 Å². The van der Waals surface area contributed by atoms with E-state index >= 15 is 0 Å². The summed E-state index contributed by atoms with van der Waals surface area (Å²) < 4.78 is 5.34. The van der Waals surface area contributed by atoms with E-state index in [4.69, 9.17) is 10.00 Å². The first-order chi connectivity index (χ1) is 15.1. The number of carbonyl (C=O) groups is 2. The molecular weight excluding hydrogens is 394 g/mol. The van der Waals surface area contributed by atoms with E-state index in [9.17, 15) is 9.59 Å². The minimum Gasteiger partial charge on any atom is -0.496 e. The number of carbonyl (C=O) groups excluding carboxylic acids is 2. The third-order valence-corrected chi connectivity index (χ3v) is 4.62. The second-order valence-electron chi connectivity index (χ2n) is 6.70. The van der Waals surface area contributed by atoms with Crippen molar-refractivity contribution in [1.29, 1.82) is 5.26 Å². The van der Waals surface area contributed by atoms with Gasteiger partial charge in [0.2, 0.25) is 11.8 Å². The van der Waals surface area contributed by atoms with Crippen molar-refractivity contribution in [2.75, 3.05) is 23.9 Å². The molecule has 8 heteroatoms. The number of nitriles is 1. The molecule has 158 valence electrons. The number of benzene rings is 2. The Hall–Kier alpha value is -4.12. The highest BCUT2D eigenvalue weighted by Crippen LogP contribution is 2.29. The molecule has 2 amide bonds. The molecule has 1 aromatic heterocycles. The highest BCUT2D eigenvalue weighted by molar-refractivity contribution is 5.98. The van der Waals surface area contributed by atoms with E-state index in [1.807, 2.05) is 42.5 Å². The van der Waals surface area contributed by atoms with Gasteiger partial charge in [0.05, 0.1) is 25.3 Å². The van der Waals surface area contributed by atoms with E-state index in [0.29, 0.717) is 22.9 Å². The molecule has 0 radical (unpaired) electrons. The van der Waals surface area contributed by atoms with Crippen molar-refractivity contribution < 1.29 is 14.3 Å². The van der Waals surface area contributed by atoms with Crippen molar-refractivity contribution in [3.05, 3.63) is 60.7 Å². The van der Waals surface area contributed by atoms with Crippen molar-refractivity contribution in [2.24, 2.45) is 0 Å². The van der Waals surface area contributed by atoms with Crippen LogP contribution in [0, 0.1) is 11.3 Å². The van der Waals surface area contributed by atoms with Crippen LogP contribution in [0.2, 0.25) is 0 Å². The van der Waals surface area contributed by atoms with Gasteiger partial charge in [-0.05, 0) is 24.3 Å². The lowest BCUT2D eigenvalue weighted by molar-refractivity contribution is -0.122. The molecule has 0 saturated carbocycles. The van der Waals surface area contributed by atoms with Crippen LogP contribution in [-0.4, -0.2) is 35.7 Å². The number of aromatic amines is 1. The van der Waals surface area contributed by atoms with E-state index < -0.39 is 0 Å². The van der Waals surface area contributed by atoms with Crippen LogP contribution < -0.4 is 15.0 Å². The number of amides is 2.